The van der Waals surface area contributed by atoms with Gasteiger partial charge in [0.25, 0.3) is 0 Å². The highest BCUT2D eigenvalue weighted by molar-refractivity contribution is 5.45. The molecule has 0 bridgehead atoms. The van der Waals surface area contributed by atoms with Crippen molar-refractivity contribution in [3.05, 3.63) is 52.0 Å². The number of benzene rings is 1. The zero-order chi connectivity index (χ0) is 14.2. The summed E-state index contributed by atoms with van der Waals surface area (Å²) in [4.78, 5) is 0. The van der Waals surface area contributed by atoms with Gasteiger partial charge in [-0.1, -0.05) is 6.07 Å². The Morgan fingerprint density at radius 3 is 2.26 bits per heavy atom. The molecule has 0 amide bonds. The van der Waals surface area contributed by atoms with Gasteiger partial charge in [-0.25, -0.2) is 0 Å². The van der Waals surface area contributed by atoms with Gasteiger partial charge >= 0.3 is 0 Å². The van der Waals surface area contributed by atoms with Crippen LogP contribution in [-0.4, -0.2) is 7.11 Å². The summed E-state index contributed by atoms with van der Waals surface area (Å²) >= 11 is 0. The molecule has 2 N–H and O–H groups in total. The van der Waals surface area contributed by atoms with Gasteiger partial charge in [0.05, 0.1) is 13.2 Å². The second kappa shape index (κ2) is 5.10. The second-order valence-electron chi connectivity index (χ2n) is 4.95. The van der Waals surface area contributed by atoms with Crippen molar-refractivity contribution < 1.29 is 9.15 Å². The van der Waals surface area contributed by atoms with E-state index in [9.17, 15) is 0 Å². The molecule has 1 aromatic carbocycles. The smallest absolute Gasteiger partial charge is 0.119 e. The molecular weight excluding hydrogens is 238 g/mol. The SMILES string of the molecule is COc1ccc(C(N)c2c(C)oc(C)c2C)c(C)c1. The minimum atomic E-state index is -0.164. The van der Waals surface area contributed by atoms with Gasteiger partial charge in [0.1, 0.15) is 17.3 Å². The molecular formula is C16H21NO2. The molecule has 3 nitrogen and oxygen atoms in total. The van der Waals surface area contributed by atoms with Crippen molar-refractivity contribution in [3.8, 4) is 5.75 Å². The summed E-state index contributed by atoms with van der Waals surface area (Å²) in [5.74, 6) is 2.69. The first kappa shape index (κ1) is 13.7. The van der Waals surface area contributed by atoms with Crippen LogP contribution in [0.2, 0.25) is 0 Å². The Hall–Kier alpha value is -1.74. The standard InChI is InChI=1S/C16H21NO2/c1-9-8-13(18-5)6-7-14(9)16(17)15-10(2)11(3)19-12(15)4/h6-8,16H,17H2,1-5H3. The molecule has 1 aromatic heterocycles. The number of aryl methyl sites for hydroxylation is 3. The van der Waals surface area contributed by atoms with E-state index in [4.69, 9.17) is 14.9 Å². The van der Waals surface area contributed by atoms with Crippen LogP contribution in [0.1, 0.15) is 39.8 Å². The molecule has 2 rings (SSSR count). The van der Waals surface area contributed by atoms with Gasteiger partial charge in [0, 0.05) is 5.56 Å². The average molecular weight is 259 g/mol. The lowest BCUT2D eigenvalue weighted by Crippen LogP contribution is -2.14. The quantitative estimate of drug-likeness (QED) is 0.916. The van der Waals surface area contributed by atoms with E-state index in [1.165, 1.54) is 0 Å². The lowest BCUT2D eigenvalue weighted by molar-refractivity contribution is 0.414. The van der Waals surface area contributed by atoms with E-state index < -0.39 is 0 Å². The Kier molecular flexibility index (Phi) is 3.67. The molecule has 0 saturated carbocycles. The number of nitrogens with two attached hydrogens (primary N) is 1. The average Bonchev–Trinajstić information content (AvgIpc) is 2.62. The van der Waals surface area contributed by atoms with Crippen LogP contribution in [0.15, 0.2) is 22.6 Å². The van der Waals surface area contributed by atoms with E-state index in [-0.39, 0.29) is 6.04 Å². The maximum absolute atomic E-state index is 6.42. The van der Waals surface area contributed by atoms with Gasteiger partial charge in [-0.2, -0.15) is 0 Å². The summed E-state index contributed by atoms with van der Waals surface area (Å²) in [6, 6.07) is 5.82. The molecule has 102 valence electrons. The van der Waals surface area contributed by atoms with Crippen LogP contribution >= 0.6 is 0 Å². The molecule has 0 spiro atoms. The number of hydrogen-bond acceptors (Lipinski definition) is 3. The molecule has 0 aliphatic heterocycles. The highest BCUT2D eigenvalue weighted by atomic mass is 16.5. The van der Waals surface area contributed by atoms with Crippen LogP contribution in [0.5, 0.6) is 5.75 Å². The monoisotopic (exact) mass is 259 g/mol. The fraction of sp³-hybridized carbons (Fsp3) is 0.375. The Morgan fingerprint density at radius 2 is 1.79 bits per heavy atom. The summed E-state index contributed by atoms with van der Waals surface area (Å²) in [6.07, 6.45) is 0. The zero-order valence-corrected chi connectivity index (χ0v) is 12.2. The van der Waals surface area contributed by atoms with Crippen LogP contribution in [0.4, 0.5) is 0 Å². The van der Waals surface area contributed by atoms with E-state index in [0.717, 1.165) is 39.5 Å². The third kappa shape index (κ3) is 2.38. The van der Waals surface area contributed by atoms with Crippen molar-refractivity contribution in [1.82, 2.24) is 0 Å². The molecule has 1 unspecified atom stereocenters. The third-order valence-corrected chi connectivity index (χ3v) is 3.74. The molecule has 0 fully saturated rings. The van der Waals surface area contributed by atoms with Gasteiger partial charge in [-0.15, -0.1) is 0 Å². The van der Waals surface area contributed by atoms with Crippen LogP contribution in [0.25, 0.3) is 0 Å². The molecule has 1 atom stereocenters. The van der Waals surface area contributed by atoms with Gasteiger partial charge in [0.15, 0.2) is 0 Å². The molecule has 0 aliphatic carbocycles. The largest absolute Gasteiger partial charge is 0.497 e. The lowest BCUT2D eigenvalue weighted by atomic mass is 9.93. The fourth-order valence-corrected chi connectivity index (χ4v) is 2.55. The van der Waals surface area contributed by atoms with Crippen molar-refractivity contribution in [1.29, 1.82) is 0 Å². The first-order chi connectivity index (χ1) is 8.95. The number of methoxy groups -OCH3 is 1. The minimum absolute atomic E-state index is 0.164. The zero-order valence-electron chi connectivity index (χ0n) is 12.2. The topological polar surface area (TPSA) is 48.4 Å². The first-order valence-corrected chi connectivity index (χ1v) is 6.42. The van der Waals surface area contributed by atoms with Gasteiger partial charge < -0.3 is 14.9 Å². The van der Waals surface area contributed by atoms with Crippen molar-refractivity contribution in [2.24, 2.45) is 5.73 Å². The van der Waals surface area contributed by atoms with Crippen LogP contribution in [-0.2, 0) is 0 Å². The molecule has 2 aromatic rings. The Morgan fingerprint density at radius 1 is 1.11 bits per heavy atom. The Labute approximate surface area is 114 Å². The van der Waals surface area contributed by atoms with Crippen LogP contribution < -0.4 is 10.5 Å². The molecule has 3 heteroatoms. The van der Waals surface area contributed by atoms with Crippen molar-refractivity contribution in [2.45, 2.75) is 33.7 Å². The molecule has 0 aliphatic rings. The molecule has 1 heterocycles. The van der Waals surface area contributed by atoms with E-state index in [1.54, 1.807) is 7.11 Å². The van der Waals surface area contributed by atoms with Crippen molar-refractivity contribution >= 4 is 0 Å². The summed E-state index contributed by atoms with van der Waals surface area (Å²) in [5, 5.41) is 0. The predicted octanol–water partition coefficient (Wildman–Crippen LogP) is 3.57. The summed E-state index contributed by atoms with van der Waals surface area (Å²) in [6.45, 7) is 8.04. The third-order valence-electron chi connectivity index (χ3n) is 3.74. The number of hydrogen-bond donors (Lipinski definition) is 1. The molecule has 19 heavy (non-hydrogen) atoms. The maximum atomic E-state index is 6.42. The van der Waals surface area contributed by atoms with Crippen molar-refractivity contribution in [2.75, 3.05) is 7.11 Å². The van der Waals surface area contributed by atoms with E-state index in [1.807, 2.05) is 32.0 Å². The molecule has 0 radical (unpaired) electrons. The van der Waals surface area contributed by atoms with E-state index in [0.29, 0.717) is 0 Å². The number of rotatable bonds is 3. The maximum Gasteiger partial charge on any atom is 0.119 e. The lowest BCUT2D eigenvalue weighted by Gasteiger charge is -2.16. The highest BCUT2D eigenvalue weighted by Gasteiger charge is 2.20. The normalized spacial score (nSPS) is 12.5. The van der Waals surface area contributed by atoms with E-state index >= 15 is 0 Å². The van der Waals surface area contributed by atoms with Crippen molar-refractivity contribution in [3.63, 3.8) is 0 Å². The fourth-order valence-electron chi connectivity index (χ4n) is 2.55. The van der Waals surface area contributed by atoms with E-state index in [2.05, 4.69) is 13.8 Å². The Bertz CT molecular complexity index is 599. The van der Waals surface area contributed by atoms with Crippen LogP contribution in [0.3, 0.4) is 0 Å². The predicted molar refractivity (Wildman–Crippen MR) is 76.7 cm³/mol. The minimum Gasteiger partial charge on any atom is -0.497 e. The van der Waals surface area contributed by atoms with Gasteiger partial charge in [0.2, 0.25) is 0 Å². The van der Waals surface area contributed by atoms with Gasteiger partial charge in [-0.3, -0.25) is 0 Å². The summed E-state index contributed by atoms with van der Waals surface area (Å²) in [5.41, 5.74) is 10.9. The second-order valence-corrected chi connectivity index (χ2v) is 4.95. The summed E-state index contributed by atoms with van der Waals surface area (Å²) in [7, 11) is 1.67. The Balaban J connectivity index is 2.47. The van der Waals surface area contributed by atoms with Crippen LogP contribution in [0, 0.1) is 27.7 Å². The number of furan rings is 1. The first-order valence-electron chi connectivity index (χ1n) is 6.42. The highest BCUT2D eigenvalue weighted by Crippen LogP contribution is 2.32. The molecule has 0 saturated heterocycles. The summed E-state index contributed by atoms with van der Waals surface area (Å²) < 4.78 is 10.9. The van der Waals surface area contributed by atoms with Gasteiger partial charge in [-0.05, 0) is 56.5 Å². The number of ether oxygens (including phenoxy) is 1.